The molecule has 0 radical (unpaired) electrons. The molecular weight excluding hydrogens is 650 g/mol. The maximum absolute atomic E-state index is 13.9. The lowest BCUT2D eigenvalue weighted by atomic mass is 9.88. The summed E-state index contributed by atoms with van der Waals surface area (Å²) in [6, 6.07) is 13.6. The van der Waals surface area contributed by atoms with E-state index in [1.54, 1.807) is 19.9 Å². The van der Waals surface area contributed by atoms with Crippen LogP contribution < -0.4 is 10.1 Å². The van der Waals surface area contributed by atoms with Gasteiger partial charge in [0.15, 0.2) is 0 Å². The van der Waals surface area contributed by atoms with Gasteiger partial charge in [-0.2, -0.15) is 0 Å². The van der Waals surface area contributed by atoms with Gasteiger partial charge >= 0.3 is 5.97 Å². The first-order valence-electron chi connectivity index (χ1n) is 12.7. The topological polar surface area (TPSA) is 63.5 Å². The SMILES string of the molecule is CC(C)(Cc1c(S)c2cc(OCC3CC=C4C=C(F)C(I)=CC4N3)ccc2n1Cc1ccc(Cl)cc1)C(=O)O. The van der Waals surface area contributed by atoms with Crippen LogP contribution in [0.1, 0.15) is 31.5 Å². The van der Waals surface area contributed by atoms with E-state index in [-0.39, 0.29) is 17.9 Å². The van der Waals surface area contributed by atoms with Crippen LogP contribution >= 0.6 is 46.8 Å². The first kappa shape index (κ1) is 28.3. The van der Waals surface area contributed by atoms with E-state index in [1.807, 2.05) is 71.1 Å². The molecule has 2 aromatic carbocycles. The Morgan fingerprint density at radius 2 is 2.03 bits per heavy atom. The summed E-state index contributed by atoms with van der Waals surface area (Å²) in [5.41, 5.74) is 2.85. The zero-order valence-corrected chi connectivity index (χ0v) is 25.4. The smallest absolute Gasteiger partial charge is 0.309 e. The van der Waals surface area contributed by atoms with Gasteiger partial charge in [-0.05, 0) is 96.5 Å². The van der Waals surface area contributed by atoms with E-state index in [0.29, 0.717) is 33.9 Å². The van der Waals surface area contributed by atoms with Crippen molar-refractivity contribution in [3.63, 3.8) is 0 Å². The molecule has 2 heterocycles. The van der Waals surface area contributed by atoms with Crippen molar-refractivity contribution in [2.24, 2.45) is 5.41 Å². The molecule has 1 aromatic heterocycles. The highest BCUT2D eigenvalue weighted by Crippen LogP contribution is 2.37. The van der Waals surface area contributed by atoms with Crippen LogP contribution in [0.25, 0.3) is 10.9 Å². The summed E-state index contributed by atoms with van der Waals surface area (Å²) in [5.74, 6) is -0.346. The zero-order valence-electron chi connectivity index (χ0n) is 21.5. The molecule has 5 rings (SSSR count). The summed E-state index contributed by atoms with van der Waals surface area (Å²) in [7, 11) is 0. The summed E-state index contributed by atoms with van der Waals surface area (Å²) in [6.07, 6.45) is 6.62. The minimum absolute atomic E-state index is 0.0210. The Morgan fingerprint density at radius 3 is 2.74 bits per heavy atom. The third-order valence-electron chi connectivity index (χ3n) is 7.25. The third-order valence-corrected chi connectivity index (χ3v) is 8.88. The van der Waals surface area contributed by atoms with Crippen molar-refractivity contribution in [2.45, 2.75) is 50.2 Å². The Morgan fingerprint density at radius 1 is 1.28 bits per heavy atom. The van der Waals surface area contributed by atoms with Crippen molar-refractivity contribution in [3.05, 3.63) is 92.0 Å². The van der Waals surface area contributed by atoms with Gasteiger partial charge in [-0.25, -0.2) is 4.39 Å². The standard InChI is InChI=1S/C30H29ClFIN2O3S/c1-30(2,29(36)37)14-27-28(39)22-12-21(9-10-26(22)35(27)15-17-3-6-19(31)7-4-17)38-16-20-8-5-18-11-23(32)24(33)13-25(18)34-20/h3-7,9-13,20,25,34,39H,8,14-16H2,1-2H3,(H,36,37). The number of rotatable bonds is 8. The number of thiol groups is 1. The highest BCUT2D eigenvalue weighted by Gasteiger charge is 2.31. The second kappa shape index (κ2) is 11.3. The lowest BCUT2D eigenvalue weighted by Gasteiger charge is -2.30. The van der Waals surface area contributed by atoms with Crippen LogP contribution in [0.4, 0.5) is 4.39 Å². The third kappa shape index (κ3) is 6.09. The van der Waals surface area contributed by atoms with Crippen molar-refractivity contribution >= 4 is 63.7 Å². The van der Waals surface area contributed by atoms with Gasteiger partial charge in [0, 0.05) is 49.1 Å². The number of allylic oxidation sites excluding steroid dienone is 2. The van der Waals surface area contributed by atoms with E-state index in [9.17, 15) is 14.3 Å². The molecule has 1 aliphatic heterocycles. The molecule has 1 aliphatic carbocycles. The highest BCUT2D eigenvalue weighted by atomic mass is 127. The first-order chi connectivity index (χ1) is 18.5. The lowest BCUT2D eigenvalue weighted by Crippen LogP contribution is -2.45. The van der Waals surface area contributed by atoms with Gasteiger partial charge in [-0.3, -0.25) is 4.79 Å². The number of fused-ring (bicyclic) bond motifs is 2. The number of ether oxygens (including phenoxy) is 1. The molecule has 5 nitrogen and oxygen atoms in total. The fourth-order valence-electron chi connectivity index (χ4n) is 4.96. The minimum atomic E-state index is -0.967. The minimum Gasteiger partial charge on any atom is -0.492 e. The molecule has 9 heteroatoms. The highest BCUT2D eigenvalue weighted by molar-refractivity contribution is 14.1. The number of hydrogen-bond donors (Lipinski definition) is 3. The Balaban J connectivity index is 1.41. The molecule has 3 aromatic rings. The molecule has 2 aliphatic rings. The maximum atomic E-state index is 13.9. The number of carboxylic acid groups (broad SMARTS) is 1. The van der Waals surface area contributed by atoms with Gasteiger partial charge in [0.1, 0.15) is 18.2 Å². The predicted octanol–water partition coefficient (Wildman–Crippen LogP) is 7.51. The number of hydrogen-bond acceptors (Lipinski definition) is 4. The molecule has 0 spiro atoms. The molecule has 2 atom stereocenters. The quantitative estimate of drug-likeness (QED) is 0.171. The number of halogens is 3. The van der Waals surface area contributed by atoms with Crippen molar-refractivity contribution in [1.82, 2.24) is 9.88 Å². The fourth-order valence-corrected chi connectivity index (χ4v) is 5.98. The van der Waals surface area contributed by atoms with Crippen molar-refractivity contribution in [3.8, 4) is 5.75 Å². The molecule has 0 bridgehead atoms. The molecule has 0 saturated carbocycles. The average Bonchev–Trinajstić information content (AvgIpc) is 3.14. The van der Waals surface area contributed by atoms with Crippen LogP contribution in [0.5, 0.6) is 5.75 Å². The maximum Gasteiger partial charge on any atom is 0.309 e. The largest absolute Gasteiger partial charge is 0.492 e. The Bertz CT molecular complexity index is 1530. The van der Waals surface area contributed by atoms with E-state index >= 15 is 0 Å². The van der Waals surface area contributed by atoms with Crippen LogP contribution in [0.3, 0.4) is 0 Å². The summed E-state index contributed by atoms with van der Waals surface area (Å²) >= 11 is 13.0. The van der Waals surface area contributed by atoms with E-state index in [1.165, 1.54) is 0 Å². The zero-order chi connectivity index (χ0) is 27.9. The Hall–Kier alpha value is -2.27. The van der Waals surface area contributed by atoms with Gasteiger partial charge in [-0.1, -0.05) is 29.8 Å². The van der Waals surface area contributed by atoms with Crippen LogP contribution in [-0.2, 0) is 17.8 Å². The van der Waals surface area contributed by atoms with E-state index < -0.39 is 11.4 Å². The molecule has 0 amide bonds. The second-order valence-corrected chi connectivity index (χ2v) is 12.7. The molecule has 2 unspecified atom stereocenters. The second-order valence-electron chi connectivity index (χ2n) is 10.7. The molecule has 0 saturated heterocycles. The van der Waals surface area contributed by atoms with Gasteiger partial charge in [0.05, 0.1) is 11.5 Å². The number of aromatic nitrogens is 1. The Kier molecular flexibility index (Phi) is 8.20. The van der Waals surface area contributed by atoms with Crippen molar-refractivity contribution < 1.29 is 19.0 Å². The van der Waals surface area contributed by atoms with Crippen molar-refractivity contribution in [1.29, 1.82) is 0 Å². The van der Waals surface area contributed by atoms with Gasteiger partial charge in [0.2, 0.25) is 0 Å². The summed E-state index contributed by atoms with van der Waals surface area (Å²) in [4.78, 5) is 12.7. The molecule has 204 valence electrons. The van der Waals surface area contributed by atoms with Crippen LogP contribution in [-0.4, -0.2) is 34.3 Å². The summed E-state index contributed by atoms with van der Waals surface area (Å²) in [5, 5.41) is 14.9. The average molecular weight is 679 g/mol. The molecular formula is C30H29ClFIN2O3S. The monoisotopic (exact) mass is 678 g/mol. The predicted molar refractivity (Wildman–Crippen MR) is 165 cm³/mol. The van der Waals surface area contributed by atoms with E-state index in [0.717, 1.165) is 39.0 Å². The number of nitrogens with one attached hydrogen (secondary N) is 1. The summed E-state index contributed by atoms with van der Waals surface area (Å²) in [6.45, 7) is 4.47. The molecule has 2 N–H and O–H groups in total. The Labute approximate surface area is 251 Å². The number of aliphatic carboxylic acids is 1. The summed E-state index contributed by atoms with van der Waals surface area (Å²) < 4.78 is 22.9. The van der Waals surface area contributed by atoms with Gasteiger partial charge in [-0.15, -0.1) is 12.6 Å². The molecule has 39 heavy (non-hydrogen) atoms. The number of carbonyl (C=O) groups is 1. The number of carboxylic acids is 1. The molecule has 0 fully saturated rings. The number of nitrogens with zero attached hydrogens (tertiary/aromatic N) is 1. The van der Waals surface area contributed by atoms with Crippen LogP contribution in [0, 0.1) is 5.41 Å². The normalized spacial score (nSPS) is 19.3. The number of benzene rings is 2. The van der Waals surface area contributed by atoms with Crippen LogP contribution in [0.2, 0.25) is 5.02 Å². The van der Waals surface area contributed by atoms with Gasteiger partial charge in [0.25, 0.3) is 0 Å². The fraction of sp³-hybridized carbons (Fsp3) is 0.300. The van der Waals surface area contributed by atoms with Crippen molar-refractivity contribution in [2.75, 3.05) is 6.61 Å². The van der Waals surface area contributed by atoms with Crippen LogP contribution in [0.15, 0.2) is 80.6 Å². The van der Waals surface area contributed by atoms with E-state index in [2.05, 4.69) is 16.0 Å². The first-order valence-corrected chi connectivity index (χ1v) is 14.6. The lowest BCUT2D eigenvalue weighted by molar-refractivity contribution is -0.146. The van der Waals surface area contributed by atoms with E-state index in [4.69, 9.17) is 29.0 Å². The van der Waals surface area contributed by atoms with Gasteiger partial charge < -0.3 is 19.7 Å².